The van der Waals surface area contributed by atoms with Crippen molar-refractivity contribution < 1.29 is 14.3 Å². The van der Waals surface area contributed by atoms with E-state index >= 15 is 0 Å². The van der Waals surface area contributed by atoms with Crippen LogP contribution in [0.3, 0.4) is 0 Å². The van der Waals surface area contributed by atoms with Gasteiger partial charge in [0.1, 0.15) is 0 Å². The lowest BCUT2D eigenvalue weighted by atomic mass is 10.0. The second-order valence-electron chi connectivity index (χ2n) is 3.94. The molecule has 0 spiro atoms. The Morgan fingerprint density at radius 1 is 1.35 bits per heavy atom. The molecule has 1 aromatic carbocycles. The Hall–Kier alpha value is -1.35. The number of Topliss-reactive ketones (excluding diaryl/α,β-unsaturated/α-hetero) is 1. The van der Waals surface area contributed by atoms with Crippen LogP contribution in [0.15, 0.2) is 18.2 Å². The minimum atomic E-state index is -0.846. The van der Waals surface area contributed by atoms with E-state index in [-0.39, 0.29) is 18.1 Å². The summed E-state index contributed by atoms with van der Waals surface area (Å²) in [6.45, 7) is 5.85. The summed E-state index contributed by atoms with van der Waals surface area (Å²) < 4.78 is 4.64. The van der Waals surface area contributed by atoms with Crippen LogP contribution in [0.4, 0.5) is 0 Å². The number of rotatable bonds is 4. The molecule has 0 atom stereocenters. The molecule has 0 amide bonds. The number of ketones is 1. The number of ether oxygens (including phenoxy) is 1. The maximum Gasteiger partial charge on any atom is 0.379 e. The molecule has 0 radical (unpaired) electrons. The lowest BCUT2D eigenvalue weighted by Crippen LogP contribution is -2.17. The molecule has 1 rings (SSSR count). The molecule has 0 saturated carbocycles. The lowest BCUT2D eigenvalue weighted by molar-refractivity contribution is -0.137. The summed E-state index contributed by atoms with van der Waals surface area (Å²) in [5, 5.41) is 0.496. The summed E-state index contributed by atoms with van der Waals surface area (Å²) in [5.74, 6) is -1.24. The number of hydrogen-bond acceptors (Lipinski definition) is 3. The predicted molar refractivity (Wildman–Crippen MR) is 66.5 cm³/mol. The van der Waals surface area contributed by atoms with Gasteiger partial charge in [0.15, 0.2) is 0 Å². The Balaban J connectivity index is 2.98. The van der Waals surface area contributed by atoms with Gasteiger partial charge in [-0.3, -0.25) is 4.79 Å². The van der Waals surface area contributed by atoms with Crippen LogP contribution >= 0.6 is 11.6 Å². The molecular weight excluding hydrogens is 240 g/mol. The van der Waals surface area contributed by atoms with Crippen LogP contribution in [0.1, 0.15) is 42.6 Å². The topological polar surface area (TPSA) is 43.4 Å². The van der Waals surface area contributed by atoms with E-state index < -0.39 is 11.8 Å². The predicted octanol–water partition coefficient (Wildman–Crippen LogP) is 3.21. The van der Waals surface area contributed by atoms with Crippen molar-refractivity contribution in [3.63, 3.8) is 0 Å². The standard InChI is InChI=1S/C13H15ClO3/c1-4-17-13(16)12(15)9-5-6-10(8(2)3)11(14)7-9/h5-8H,4H2,1-3H3. The highest BCUT2D eigenvalue weighted by molar-refractivity contribution is 6.41. The summed E-state index contributed by atoms with van der Waals surface area (Å²) in [5.41, 5.74) is 1.21. The fourth-order valence-electron chi connectivity index (χ4n) is 1.45. The number of halogens is 1. The van der Waals surface area contributed by atoms with E-state index in [1.807, 2.05) is 13.8 Å². The molecule has 0 unspecified atom stereocenters. The quantitative estimate of drug-likeness (QED) is 0.471. The zero-order chi connectivity index (χ0) is 13.0. The molecule has 3 nitrogen and oxygen atoms in total. The van der Waals surface area contributed by atoms with Crippen molar-refractivity contribution in [1.82, 2.24) is 0 Å². The van der Waals surface area contributed by atoms with Gasteiger partial charge >= 0.3 is 5.97 Å². The van der Waals surface area contributed by atoms with E-state index in [1.165, 1.54) is 6.07 Å². The van der Waals surface area contributed by atoms with E-state index in [0.29, 0.717) is 5.02 Å². The second-order valence-corrected chi connectivity index (χ2v) is 4.35. The molecule has 0 aliphatic rings. The van der Waals surface area contributed by atoms with Crippen LogP contribution in [0.25, 0.3) is 0 Å². The first kappa shape index (κ1) is 13.7. The van der Waals surface area contributed by atoms with Crippen LogP contribution in [0, 0.1) is 0 Å². The normalized spacial score (nSPS) is 10.4. The van der Waals surface area contributed by atoms with E-state index in [9.17, 15) is 9.59 Å². The number of carbonyl (C=O) groups excluding carboxylic acids is 2. The summed E-state index contributed by atoms with van der Waals surface area (Å²) in [6, 6.07) is 4.87. The highest BCUT2D eigenvalue weighted by Gasteiger charge is 2.18. The van der Waals surface area contributed by atoms with Crippen molar-refractivity contribution in [2.24, 2.45) is 0 Å². The van der Waals surface area contributed by atoms with Gasteiger partial charge in [-0.15, -0.1) is 0 Å². The first-order valence-corrected chi connectivity index (χ1v) is 5.86. The Bertz CT molecular complexity index is 438. The van der Waals surface area contributed by atoms with Gasteiger partial charge in [0.05, 0.1) is 6.61 Å². The molecule has 0 fully saturated rings. The Kier molecular flexibility index (Phi) is 4.70. The monoisotopic (exact) mass is 254 g/mol. The number of hydrogen-bond donors (Lipinski definition) is 0. The van der Waals surface area contributed by atoms with Crippen molar-refractivity contribution in [2.45, 2.75) is 26.7 Å². The summed E-state index contributed by atoms with van der Waals surface area (Å²) >= 11 is 6.05. The molecule has 0 bridgehead atoms. The first-order valence-electron chi connectivity index (χ1n) is 5.48. The fourth-order valence-corrected chi connectivity index (χ4v) is 1.85. The van der Waals surface area contributed by atoms with Crippen LogP contribution in [0.2, 0.25) is 5.02 Å². The number of benzene rings is 1. The maximum absolute atomic E-state index is 11.6. The van der Waals surface area contributed by atoms with Gasteiger partial charge in [-0.05, 0) is 24.5 Å². The molecule has 0 saturated heterocycles. The average Bonchev–Trinajstić information content (AvgIpc) is 2.27. The minimum Gasteiger partial charge on any atom is -0.460 e. The lowest BCUT2D eigenvalue weighted by Gasteiger charge is -2.09. The van der Waals surface area contributed by atoms with E-state index in [2.05, 4.69) is 4.74 Å². The van der Waals surface area contributed by atoms with Crippen molar-refractivity contribution in [3.05, 3.63) is 34.3 Å². The smallest absolute Gasteiger partial charge is 0.379 e. The SMILES string of the molecule is CCOC(=O)C(=O)c1ccc(C(C)C)c(Cl)c1. The number of carbonyl (C=O) groups is 2. The molecule has 92 valence electrons. The van der Waals surface area contributed by atoms with E-state index in [1.54, 1.807) is 19.1 Å². The van der Waals surface area contributed by atoms with Crippen LogP contribution in [-0.4, -0.2) is 18.4 Å². The number of esters is 1. The third-order valence-corrected chi connectivity index (χ3v) is 2.67. The van der Waals surface area contributed by atoms with Gasteiger partial charge < -0.3 is 4.74 Å². The van der Waals surface area contributed by atoms with Gasteiger partial charge in [0.25, 0.3) is 5.78 Å². The van der Waals surface area contributed by atoms with Crippen LogP contribution in [-0.2, 0) is 9.53 Å². The summed E-state index contributed by atoms with van der Waals surface area (Å²) in [4.78, 5) is 22.9. The molecule has 0 aliphatic carbocycles. The molecule has 1 aromatic rings. The van der Waals surface area contributed by atoms with Gasteiger partial charge in [-0.25, -0.2) is 4.79 Å². The van der Waals surface area contributed by atoms with Crippen LogP contribution < -0.4 is 0 Å². The Morgan fingerprint density at radius 2 is 2.00 bits per heavy atom. The van der Waals surface area contributed by atoms with Crippen molar-refractivity contribution in [1.29, 1.82) is 0 Å². The van der Waals surface area contributed by atoms with Crippen molar-refractivity contribution in [2.75, 3.05) is 6.61 Å². The third-order valence-electron chi connectivity index (χ3n) is 2.35. The van der Waals surface area contributed by atoms with Crippen molar-refractivity contribution >= 4 is 23.4 Å². The molecular formula is C13H15ClO3. The molecule has 0 aliphatic heterocycles. The largest absolute Gasteiger partial charge is 0.460 e. The van der Waals surface area contributed by atoms with Crippen molar-refractivity contribution in [3.8, 4) is 0 Å². The van der Waals surface area contributed by atoms with E-state index in [4.69, 9.17) is 11.6 Å². The average molecular weight is 255 g/mol. The zero-order valence-electron chi connectivity index (χ0n) is 10.1. The van der Waals surface area contributed by atoms with Gasteiger partial charge in [0, 0.05) is 10.6 Å². The summed E-state index contributed by atoms with van der Waals surface area (Å²) in [7, 11) is 0. The fraction of sp³-hybridized carbons (Fsp3) is 0.385. The zero-order valence-corrected chi connectivity index (χ0v) is 10.9. The van der Waals surface area contributed by atoms with Gasteiger partial charge in [0.2, 0.25) is 0 Å². The second kappa shape index (κ2) is 5.82. The third kappa shape index (κ3) is 3.30. The molecule has 0 N–H and O–H groups in total. The highest BCUT2D eigenvalue weighted by Crippen LogP contribution is 2.25. The van der Waals surface area contributed by atoms with E-state index in [0.717, 1.165) is 5.56 Å². The Labute approximate surface area is 106 Å². The summed E-state index contributed by atoms with van der Waals surface area (Å²) in [6.07, 6.45) is 0. The molecule has 4 heteroatoms. The molecule has 0 aromatic heterocycles. The molecule has 17 heavy (non-hydrogen) atoms. The van der Waals surface area contributed by atoms with Gasteiger partial charge in [-0.1, -0.05) is 37.6 Å². The first-order chi connectivity index (χ1) is 7.97. The Morgan fingerprint density at radius 3 is 2.47 bits per heavy atom. The van der Waals surface area contributed by atoms with Crippen LogP contribution in [0.5, 0.6) is 0 Å². The van der Waals surface area contributed by atoms with Gasteiger partial charge in [-0.2, -0.15) is 0 Å². The highest BCUT2D eigenvalue weighted by atomic mass is 35.5. The maximum atomic E-state index is 11.6. The minimum absolute atomic E-state index is 0.183. The molecule has 0 heterocycles.